The SMILES string of the molecule is CC[C@H](C)[C@H](NC(=O)NCCOC1CCCCC1)C(=O)O. The lowest BCUT2D eigenvalue weighted by Gasteiger charge is -2.22. The minimum absolute atomic E-state index is 0.105. The van der Waals surface area contributed by atoms with Crippen LogP contribution in [0.1, 0.15) is 52.4 Å². The molecule has 0 heterocycles. The molecule has 0 radical (unpaired) electrons. The van der Waals surface area contributed by atoms with E-state index >= 15 is 0 Å². The number of hydrogen-bond donors (Lipinski definition) is 3. The van der Waals surface area contributed by atoms with Crippen LogP contribution < -0.4 is 10.6 Å². The summed E-state index contributed by atoms with van der Waals surface area (Å²) in [5.74, 6) is -1.11. The molecule has 0 aliphatic heterocycles. The van der Waals surface area contributed by atoms with E-state index in [1.807, 2.05) is 13.8 Å². The molecule has 1 saturated carbocycles. The van der Waals surface area contributed by atoms with Gasteiger partial charge in [0.25, 0.3) is 0 Å². The van der Waals surface area contributed by atoms with Gasteiger partial charge in [0.2, 0.25) is 0 Å². The molecule has 0 unspecified atom stereocenters. The zero-order valence-electron chi connectivity index (χ0n) is 13.1. The zero-order chi connectivity index (χ0) is 15.7. The van der Waals surface area contributed by atoms with Crippen LogP contribution in [0.4, 0.5) is 4.79 Å². The molecular formula is C15H28N2O4. The maximum absolute atomic E-state index is 11.7. The highest BCUT2D eigenvalue weighted by atomic mass is 16.5. The first-order chi connectivity index (χ1) is 10.0. The number of nitrogens with one attached hydrogen (secondary N) is 2. The second kappa shape index (κ2) is 9.60. The molecule has 122 valence electrons. The summed E-state index contributed by atoms with van der Waals surface area (Å²) in [6, 6.07) is -1.30. The predicted octanol–water partition coefficient (Wildman–Crippen LogP) is 2.13. The molecule has 0 saturated heterocycles. The summed E-state index contributed by atoms with van der Waals surface area (Å²) < 4.78 is 5.70. The first-order valence-corrected chi connectivity index (χ1v) is 7.93. The lowest BCUT2D eigenvalue weighted by molar-refractivity contribution is -0.140. The van der Waals surface area contributed by atoms with Crippen LogP contribution in [0.3, 0.4) is 0 Å². The molecule has 6 heteroatoms. The van der Waals surface area contributed by atoms with E-state index in [1.165, 1.54) is 19.3 Å². The van der Waals surface area contributed by atoms with Crippen molar-refractivity contribution in [2.75, 3.05) is 13.2 Å². The maximum Gasteiger partial charge on any atom is 0.326 e. The van der Waals surface area contributed by atoms with E-state index in [0.717, 1.165) is 12.8 Å². The van der Waals surface area contributed by atoms with Crippen LogP contribution in [-0.2, 0) is 9.53 Å². The monoisotopic (exact) mass is 300 g/mol. The molecule has 21 heavy (non-hydrogen) atoms. The van der Waals surface area contributed by atoms with Gasteiger partial charge in [-0.2, -0.15) is 0 Å². The number of aliphatic carboxylic acids is 1. The fraction of sp³-hybridized carbons (Fsp3) is 0.867. The molecule has 0 aromatic heterocycles. The molecule has 0 aromatic carbocycles. The number of hydrogen-bond acceptors (Lipinski definition) is 3. The smallest absolute Gasteiger partial charge is 0.326 e. The van der Waals surface area contributed by atoms with Gasteiger partial charge in [-0.3, -0.25) is 0 Å². The van der Waals surface area contributed by atoms with Crippen molar-refractivity contribution < 1.29 is 19.4 Å². The highest BCUT2D eigenvalue weighted by Gasteiger charge is 2.25. The Labute approximate surface area is 126 Å². The molecule has 1 rings (SSSR count). The average Bonchev–Trinajstić information content (AvgIpc) is 2.49. The number of ether oxygens (including phenoxy) is 1. The molecule has 6 nitrogen and oxygen atoms in total. The molecule has 2 amide bonds. The van der Waals surface area contributed by atoms with Crippen molar-refractivity contribution in [2.24, 2.45) is 5.92 Å². The average molecular weight is 300 g/mol. The minimum atomic E-state index is -1.00. The van der Waals surface area contributed by atoms with Crippen LogP contribution in [0.5, 0.6) is 0 Å². The summed E-state index contributed by atoms with van der Waals surface area (Å²) >= 11 is 0. The standard InChI is InChI=1S/C15H28N2O4/c1-3-11(2)13(14(18)19)17-15(20)16-9-10-21-12-7-5-4-6-8-12/h11-13H,3-10H2,1-2H3,(H,18,19)(H2,16,17,20)/t11-,13-/m0/s1. The van der Waals surface area contributed by atoms with Gasteiger partial charge in [0.1, 0.15) is 6.04 Å². The molecular weight excluding hydrogens is 272 g/mol. The maximum atomic E-state index is 11.7. The van der Waals surface area contributed by atoms with Gasteiger partial charge in [-0.05, 0) is 18.8 Å². The Bertz CT molecular complexity index is 330. The molecule has 2 atom stereocenters. The molecule has 0 bridgehead atoms. The van der Waals surface area contributed by atoms with E-state index in [0.29, 0.717) is 25.7 Å². The zero-order valence-corrected chi connectivity index (χ0v) is 13.1. The predicted molar refractivity (Wildman–Crippen MR) is 80.2 cm³/mol. The van der Waals surface area contributed by atoms with Crippen molar-refractivity contribution in [3.63, 3.8) is 0 Å². The highest BCUT2D eigenvalue weighted by Crippen LogP contribution is 2.19. The number of urea groups is 1. The Kier molecular flexibility index (Phi) is 8.12. The molecule has 0 aromatic rings. The van der Waals surface area contributed by atoms with Crippen LogP contribution in [0.15, 0.2) is 0 Å². The molecule has 1 aliphatic rings. The van der Waals surface area contributed by atoms with Crippen LogP contribution in [0.25, 0.3) is 0 Å². The van der Waals surface area contributed by atoms with Gasteiger partial charge >= 0.3 is 12.0 Å². The van der Waals surface area contributed by atoms with Gasteiger partial charge in [-0.1, -0.05) is 39.5 Å². The third-order valence-corrected chi connectivity index (χ3v) is 4.06. The van der Waals surface area contributed by atoms with Crippen molar-refractivity contribution in [2.45, 2.75) is 64.5 Å². The Morgan fingerprint density at radius 1 is 1.29 bits per heavy atom. The van der Waals surface area contributed by atoms with Gasteiger partial charge in [0.05, 0.1) is 12.7 Å². The minimum Gasteiger partial charge on any atom is -0.480 e. The van der Waals surface area contributed by atoms with Crippen molar-refractivity contribution in [1.82, 2.24) is 10.6 Å². The number of carbonyl (C=O) groups excluding carboxylic acids is 1. The van der Waals surface area contributed by atoms with E-state index in [1.54, 1.807) is 0 Å². The number of carboxylic acids is 1. The number of carboxylic acid groups (broad SMARTS) is 1. The third kappa shape index (κ3) is 6.80. The van der Waals surface area contributed by atoms with Crippen LogP contribution in [0.2, 0.25) is 0 Å². The van der Waals surface area contributed by atoms with E-state index < -0.39 is 18.0 Å². The van der Waals surface area contributed by atoms with E-state index in [4.69, 9.17) is 9.84 Å². The van der Waals surface area contributed by atoms with Crippen LogP contribution >= 0.6 is 0 Å². The summed E-state index contributed by atoms with van der Waals surface area (Å²) in [6.07, 6.45) is 6.93. The molecule has 0 spiro atoms. The Morgan fingerprint density at radius 3 is 2.52 bits per heavy atom. The Morgan fingerprint density at radius 2 is 1.95 bits per heavy atom. The van der Waals surface area contributed by atoms with Crippen molar-refractivity contribution >= 4 is 12.0 Å². The lowest BCUT2D eigenvalue weighted by atomic mass is 9.98. The Balaban J connectivity index is 2.18. The normalized spacial score (nSPS) is 18.8. The Hall–Kier alpha value is -1.30. The largest absolute Gasteiger partial charge is 0.480 e. The van der Waals surface area contributed by atoms with Gasteiger partial charge in [0.15, 0.2) is 0 Å². The lowest BCUT2D eigenvalue weighted by Crippen LogP contribution is -2.49. The second-order valence-corrected chi connectivity index (χ2v) is 5.73. The van der Waals surface area contributed by atoms with E-state index in [2.05, 4.69) is 10.6 Å². The number of amides is 2. The topological polar surface area (TPSA) is 87.7 Å². The number of carbonyl (C=O) groups is 2. The molecule has 1 fully saturated rings. The van der Waals surface area contributed by atoms with Gasteiger partial charge in [0, 0.05) is 6.54 Å². The summed E-state index contributed by atoms with van der Waals surface area (Å²) in [5.41, 5.74) is 0. The highest BCUT2D eigenvalue weighted by molar-refractivity contribution is 5.82. The van der Waals surface area contributed by atoms with Crippen molar-refractivity contribution in [3.05, 3.63) is 0 Å². The first-order valence-electron chi connectivity index (χ1n) is 7.93. The summed E-state index contributed by atoms with van der Waals surface area (Å²) in [4.78, 5) is 22.8. The van der Waals surface area contributed by atoms with Crippen LogP contribution in [0, 0.1) is 5.92 Å². The third-order valence-electron chi connectivity index (χ3n) is 4.06. The van der Waals surface area contributed by atoms with Gasteiger partial charge in [-0.25, -0.2) is 9.59 Å². The summed E-state index contributed by atoms with van der Waals surface area (Å²) in [7, 11) is 0. The first kappa shape index (κ1) is 17.8. The van der Waals surface area contributed by atoms with Crippen LogP contribution in [-0.4, -0.2) is 42.4 Å². The summed E-state index contributed by atoms with van der Waals surface area (Å²) in [6.45, 7) is 4.58. The molecule has 3 N–H and O–H groups in total. The van der Waals surface area contributed by atoms with E-state index in [9.17, 15) is 9.59 Å². The molecule has 1 aliphatic carbocycles. The van der Waals surface area contributed by atoms with Gasteiger partial charge in [-0.15, -0.1) is 0 Å². The van der Waals surface area contributed by atoms with Crippen molar-refractivity contribution in [3.8, 4) is 0 Å². The van der Waals surface area contributed by atoms with E-state index in [-0.39, 0.29) is 5.92 Å². The fourth-order valence-electron chi connectivity index (χ4n) is 2.50. The van der Waals surface area contributed by atoms with Gasteiger partial charge < -0.3 is 20.5 Å². The number of rotatable bonds is 8. The second-order valence-electron chi connectivity index (χ2n) is 5.73. The summed E-state index contributed by atoms with van der Waals surface area (Å²) in [5, 5.41) is 14.2. The fourth-order valence-corrected chi connectivity index (χ4v) is 2.50. The van der Waals surface area contributed by atoms with Crippen molar-refractivity contribution in [1.29, 1.82) is 0 Å². The quantitative estimate of drug-likeness (QED) is 0.599.